The molecule has 1 aromatic carbocycles. The van der Waals surface area contributed by atoms with E-state index in [-0.39, 0.29) is 28.9 Å². The van der Waals surface area contributed by atoms with E-state index in [4.69, 9.17) is 5.73 Å². The lowest BCUT2D eigenvalue weighted by atomic mass is 9.54. The maximum absolute atomic E-state index is 13.8. The number of Topliss-reactive ketones (excluding diaryl/α,β-unsaturated/α-hetero) is 2. The average Bonchev–Trinajstić information content (AvgIpc) is 2.71. The molecule has 0 aromatic heterocycles. The number of primary amides is 1. The van der Waals surface area contributed by atoms with Crippen molar-refractivity contribution in [2.45, 2.75) is 37.0 Å². The third-order valence-electron chi connectivity index (χ3n) is 7.23. The smallest absolute Gasteiger partial charge is 0.222 e. The summed E-state index contributed by atoms with van der Waals surface area (Å²) in [6.07, 6.45) is -0.848. The predicted molar refractivity (Wildman–Crippen MR) is 115 cm³/mol. The molecule has 0 bridgehead atoms. The molecule has 3 aliphatic rings. The molecule has 176 valence electrons. The highest BCUT2D eigenvalue weighted by Crippen LogP contribution is 2.57. The SMILES string of the molecule is CN(C)C1C(=O)C(CC(N)=O)=C(O)C2(O)C(=O)C3=C(O)c4c(O)cccc4C(C)(O)C3CC12. The Balaban J connectivity index is 2.02. The van der Waals surface area contributed by atoms with E-state index in [1.54, 1.807) is 14.1 Å². The summed E-state index contributed by atoms with van der Waals surface area (Å²) in [7, 11) is 3.10. The summed E-state index contributed by atoms with van der Waals surface area (Å²) >= 11 is 0. The Morgan fingerprint density at radius 1 is 1.18 bits per heavy atom. The molecule has 10 heteroatoms. The Labute approximate surface area is 189 Å². The number of carbonyl (C=O) groups is 3. The van der Waals surface area contributed by atoms with Crippen LogP contribution in [0.2, 0.25) is 0 Å². The van der Waals surface area contributed by atoms with Crippen LogP contribution in [-0.2, 0) is 20.0 Å². The molecular weight excluding hydrogens is 432 g/mol. The van der Waals surface area contributed by atoms with Crippen molar-refractivity contribution in [1.82, 2.24) is 4.90 Å². The highest BCUT2D eigenvalue weighted by atomic mass is 16.3. The Kier molecular flexibility index (Phi) is 4.97. The third kappa shape index (κ3) is 2.87. The molecule has 0 radical (unpaired) electrons. The molecule has 0 aliphatic heterocycles. The molecule has 10 nitrogen and oxygen atoms in total. The van der Waals surface area contributed by atoms with Crippen LogP contribution >= 0.6 is 0 Å². The molecule has 0 heterocycles. The van der Waals surface area contributed by atoms with Gasteiger partial charge < -0.3 is 31.3 Å². The van der Waals surface area contributed by atoms with Gasteiger partial charge in [-0.25, -0.2) is 0 Å². The fourth-order valence-corrected chi connectivity index (χ4v) is 5.68. The van der Waals surface area contributed by atoms with Gasteiger partial charge in [-0.3, -0.25) is 19.3 Å². The number of carbonyl (C=O) groups excluding carboxylic acids is 3. The summed E-state index contributed by atoms with van der Waals surface area (Å²) in [5.74, 6) is -6.95. The number of hydrogen-bond acceptors (Lipinski definition) is 9. The largest absolute Gasteiger partial charge is 0.508 e. The van der Waals surface area contributed by atoms with Gasteiger partial charge >= 0.3 is 0 Å². The molecule has 1 saturated carbocycles. The molecule has 3 aliphatic carbocycles. The van der Waals surface area contributed by atoms with E-state index in [2.05, 4.69) is 0 Å². The van der Waals surface area contributed by atoms with E-state index in [1.807, 2.05) is 0 Å². The van der Waals surface area contributed by atoms with Gasteiger partial charge in [-0.1, -0.05) is 12.1 Å². The number of phenolic OH excluding ortho intramolecular Hbond substituents is 1. The Hall–Kier alpha value is -3.21. The molecule has 7 N–H and O–H groups in total. The Morgan fingerprint density at radius 2 is 1.82 bits per heavy atom. The summed E-state index contributed by atoms with van der Waals surface area (Å²) in [6, 6.07) is 3.15. The van der Waals surface area contributed by atoms with E-state index in [0.717, 1.165) is 0 Å². The Bertz CT molecular complexity index is 1160. The van der Waals surface area contributed by atoms with Crippen LogP contribution in [0.15, 0.2) is 35.1 Å². The van der Waals surface area contributed by atoms with Crippen LogP contribution in [0.3, 0.4) is 0 Å². The van der Waals surface area contributed by atoms with E-state index < -0.39 is 70.1 Å². The Morgan fingerprint density at radius 3 is 2.39 bits per heavy atom. The molecule has 5 atom stereocenters. The lowest BCUT2D eigenvalue weighted by molar-refractivity contribution is -0.159. The van der Waals surface area contributed by atoms with Crippen LogP contribution in [0, 0.1) is 11.8 Å². The van der Waals surface area contributed by atoms with E-state index in [1.165, 1.54) is 30.0 Å². The van der Waals surface area contributed by atoms with Crippen molar-refractivity contribution in [3.8, 4) is 5.75 Å². The number of fused-ring (bicyclic) bond motifs is 3. The maximum Gasteiger partial charge on any atom is 0.222 e. The predicted octanol–water partition coefficient (Wildman–Crippen LogP) is 0.0191. The van der Waals surface area contributed by atoms with Gasteiger partial charge in [-0.15, -0.1) is 0 Å². The number of aliphatic hydroxyl groups excluding tert-OH is 2. The van der Waals surface area contributed by atoms with Crippen LogP contribution in [0.25, 0.3) is 5.76 Å². The standard InChI is InChI=1S/C23H26N2O8/c1-22(32)10-5-4-6-13(26)15(10)19(29)16-11(22)8-12-17(25(2)3)18(28)9(7-14(24)27)20(30)23(12,33)21(16)31/h4-6,11-12,17,26,29-30,32-33H,7-8H2,1-3H3,(H2,24,27). The van der Waals surface area contributed by atoms with Gasteiger partial charge in [0.25, 0.3) is 0 Å². The van der Waals surface area contributed by atoms with Gasteiger partial charge in [-0.2, -0.15) is 0 Å². The number of nitrogens with two attached hydrogens (primary N) is 1. The zero-order chi connectivity index (χ0) is 24.6. The molecule has 1 fully saturated rings. The number of aromatic hydroxyl groups is 1. The number of phenols is 1. The highest BCUT2D eigenvalue weighted by Gasteiger charge is 2.66. The number of nitrogens with zero attached hydrogens (tertiary/aromatic N) is 1. The van der Waals surface area contributed by atoms with Crippen molar-refractivity contribution in [3.63, 3.8) is 0 Å². The monoisotopic (exact) mass is 458 g/mol. The summed E-state index contributed by atoms with van der Waals surface area (Å²) in [5, 5.41) is 55.3. The molecular formula is C23H26N2O8. The van der Waals surface area contributed by atoms with Gasteiger partial charge in [-0.05, 0) is 39.1 Å². The van der Waals surface area contributed by atoms with Crippen LogP contribution in [0.4, 0.5) is 0 Å². The lowest BCUT2D eigenvalue weighted by Gasteiger charge is -2.53. The van der Waals surface area contributed by atoms with Crippen molar-refractivity contribution in [3.05, 3.63) is 46.2 Å². The summed E-state index contributed by atoms with van der Waals surface area (Å²) < 4.78 is 0. The third-order valence-corrected chi connectivity index (χ3v) is 7.23. The van der Waals surface area contributed by atoms with Gasteiger partial charge in [0.1, 0.15) is 17.3 Å². The maximum atomic E-state index is 13.8. The zero-order valence-corrected chi connectivity index (χ0v) is 18.4. The first-order valence-electron chi connectivity index (χ1n) is 10.4. The zero-order valence-electron chi connectivity index (χ0n) is 18.4. The number of benzene rings is 1. The summed E-state index contributed by atoms with van der Waals surface area (Å²) in [6.45, 7) is 1.42. The normalized spacial score (nSPS) is 33.7. The highest BCUT2D eigenvalue weighted by molar-refractivity contribution is 6.15. The number of ketones is 2. The number of aliphatic hydroxyl groups is 4. The van der Waals surface area contributed by atoms with Crippen molar-refractivity contribution in [1.29, 1.82) is 0 Å². The molecule has 0 spiro atoms. The second-order valence-corrected chi connectivity index (χ2v) is 9.34. The average molecular weight is 458 g/mol. The quantitative estimate of drug-likeness (QED) is 0.364. The number of hydrogen-bond donors (Lipinski definition) is 6. The number of amides is 1. The van der Waals surface area contributed by atoms with Crippen LogP contribution < -0.4 is 5.73 Å². The molecule has 4 rings (SSSR count). The van der Waals surface area contributed by atoms with Crippen molar-refractivity contribution < 1.29 is 39.9 Å². The second-order valence-electron chi connectivity index (χ2n) is 9.34. The van der Waals surface area contributed by atoms with Gasteiger partial charge in [0, 0.05) is 23.0 Å². The second kappa shape index (κ2) is 7.14. The number of rotatable bonds is 3. The molecule has 1 aromatic rings. The first-order chi connectivity index (χ1) is 15.3. The lowest BCUT2D eigenvalue weighted by Crippen LogP contribution is -2.66. The van der Waals surface area contributed by atoms with Gasteiger partial charge in [0.15, 0.2) is 11.4 Å². The van der Waals surface area contributed by atoms with Crippen molar-refractivity contribution >= 4 is 23.2 Å². The fraction of sp³-hybridized carbons (Fsp3) is 0.435. The van der Waals surface area contributed by atoms with Crippen molar-refractivity contribution in [2.75, 3.05) is 14.1 Å². The number of likely N-dealkylation sites (N-methyl/N-ethyl adjacent to an activating group) is 1. The van der Waals surface area contributed by atoms with Crippen LogP contribution in [-0.4, -0.2) is 73.6 Å². The van der Waals surface area contributed by atoms with Crippen LogP contribution in [0.5, 0.6) is 5.75 Å². The first kappa shape index (κ1) is 23.0. The van der Waals surface area contributed by atoms with Gasteiger partial charge in [0.05, 0.1) is 23.6 Å². The minimum atomic E-state index is -2.65. The minimum absolute atomic E-state index is 0.152. The fourth-order valence-electron chi connectivity index (χ4n) is 5.68. The topological polar surface area (TPSA) is 182 Å². The van der Waals surface area contributed by atoms with E-state index >= 15 is 0 Å². The molecule has 5 unspecified atom stereocenters. The van der Waals surface area contributed by atoms with Gasteiger partial charge in [0.2, 0.25) is 11.7 Å². The molecule has 1 amide bonds. The van der Waals surface area contributed by atoms with E-state index in [0.29, 0.717) is 0 Å². The van der Waals surface area contributed by atoms with E-state index in [9.17, 15) is 39.9 Å². The van der Waals surface area contributed by atoms with Crippen LogP contribution in [0.1, 0.15) is 30.9 Å². The summed E-state index contributed by atoms with van der Waals surface area (Å²) in [4.78, 5) is 40.0. The molecule has 0 saturated heterocycles. The molecule has 33 heavy (non-hydrogen) atoms. The summed E-state index contributed by atoms with van der Waals surface area (Å²) in [5.41, 5.74) is 0.0118. The first-order valence-corrected chi connectivity index (χ1v) is 10.4. The van der Waals surface area contributed by atoms with Crippen molar-refractivity contribution in [2.24, 2.45) is 17.6 Å². The minimum Gasteiger partial charge on any atom is -0.508 e.